The van der Waals surface area contributed by atoms with Crippen LogP contribution in [0.5, 0.6) is 0 Å². The Morgan fingerprint density at radius 1 is 1.47 bits per heavy atom. The Morgan fingerprint density at radius 3 is 2.80 bits per heavy atom. The molecule has 0 aromatic rings. The topological polar surface area (TPSA) is 32.3 Å². The summed E-state index contributed by atoms with van der Waals surface area (Å²) < 4.78 is 0. The molecular weight excluding hydrogens is 188 g/mol. The van der Waals surface area contributed by atoms with Crippen LogP contribution < -0.4 is 5.32 Å². The minimum absolute atomic E-state index is 0.345. The average molecular weight is 208 g/mol. The van der Waals surface area contributed by atoms with Gasteiger partial charge in [0.2, 0.25) is 5.91 Å². The molecule has 3 nitrogen and oxygen atoms in total. The Labute approximate surface area is 91.2 Å². The van der Waals surface area contributed by atoms with Crippen LogP contribution in [0.2, 0.25) is 0 Å². The Hall–Kier alpha value is -0.570. The molecule has 1 N–H and O–H groups in total. The third-order valence-electron chi connectivity index (χ3n) is 4.73. The Kier molecular flexibility index (Phi) is 2.06. The minimum Gasteiger partial charge on any atom is -0.343 e. The summed E-state index contributed by atoms with van der Waals surface area (Å²) in [6, 6.07) is 0.560. The van der Waals surface area contributed by atoms with Crippen molar-refractivity contribution in [3.05, 3.63) is 0 Å². The van der Waals surface area contributed by atoms with Crippen LogP contribution in [0.25, 0.3) is 0 Å². The van der Waals surface area contributed by atoms with E-state index in [0.717, 1.165) is 19.5 Å². The van der Waals surface area contributed by atoms with Crippen LogP contribution in [0.15, 0.2) is 0 Å². The predicted octanol–water partition coefficient (Wildman–Crippen LogP) is 0.997. The third kappa shape index (κ3) is 1.40. The number of hydrogen-bond acceptors (Lipinski definition) is 2. The fourth-order valence-electron chi connectivity index (χ4n) is 3.13. The number of amides is 1. The molecule has 2 aliphatic carbocycles. The molecule has 3 fully saturated rings. The van der Waals surface area contributed by atoms with Crippen LogP contribution in [0.3, 0.4) is 0 Å². The van der Waals surface area contributed by atoms with Crippen molar-refractivity contribution < 1.29 is 4.79 Å². The highest BCUT2D eigenvalue weighted by atomic mass is 16.2. The largest absolute Gasteiger partial charge is 0.343 e. The van der Waals surface area contributed by atoms with Gasteiger partial charge in [-0.15, -0.1) is 0 Å². The second kappa shape index (κ2) is 3.21. The molecule has 1 heterocycles. The first-order valence-electron chi connectivity index (χ1n) is 6.20. The first-order valence-corrected chi connectivity index (χ1v) is 6.20. The molecule has 1 aliphatic heterocycles. The van der Waals surface area contributed by atoms with Gasteiger partial charge in [-0.3, -0.25) is 4.79 Å². The summed E-state index contributed by atoms with van der Waals surface area (Å²) in [5.74, 6) is 0.765. The lowest BCUT2D eigenvalue weighted by Crippen LogP contribution is -2.42. The first-order chi connectivity index (χ1) is 7.23. The Bertz CT molecular complexity index is 279. The number of hydrogen-bond donors (Lipinski definition) is 1. The van der Waals surface area contributed by atoms with E-state index >= 15 is 0 Å². The SMILES string of the molecule is CN(C(=O)C1CC12CCNC2)C1CCC1. The number of nitrogens with one attached hydrogen (secondary N) is 1. The zero-order valence-electron chi connectivity index (χ0n) is 9.46. The molecule has 2 unspecified atom stereocenters. The number of carbonyl (C=O) groups is 1. The van der Waals surface area contributed by atoms with E-state index in [9.17, 15) is 4.79 Å². The van der Waals surface area contributed by atoms with Crippen molar-refractivity contribution in [2.75, 3.05) is 20.1 Å². The summed E-state index contributed by atoms with van der Waals surface area (Å²) in [7, 11) is 2.00. The van der Waals surface area contributed by atoms with Crippen LogP contribution in [0.4, 0.5) is 0 Å². The van der Waals surface area contributed by atoms with Gasteiger partial charge in [-0.1, -0.05) is 0 Å². The summed E-state index contributed by atoms with van der Waals surface area (Å²) in [4.78, 5) is 14.2. The van der Waals surface area contributed by atoms with Gasteiger partial charge in [-0.2, -0.15) is 0 Å². The van der Waals surface area contributed by atoms with Crippen molar-refractivity contribution in [3.63, 3.8) is 0 Å². The Balaban J connectivity index is 1.61. The van der Waals surface area contributed by atoms with E-state index in [4.69, 9.17) is 0 Å². The minimum atomic E-state index is 0.345. The molecule has 2 saturated carbocycles. The predicted molar refractivity (Wildman–Crippen MR) is 58.4 cm³/mol. The van der Waals surface area contributed by atoms with Crippen LogP contribution in [-0.2, 0) is 4.79 Å². The van der Waals surface area contributed by atoms with E-state index in [-0.39, 0.29) is 0 Å². The lowest BCUT2D eigenvalue weighted by atomic mass is 9.91. The molecule has 0 radical (unpaired) electrons. The van der Waals surface area contributed by atoms with Gasteiger partial charge >= 0.3 is 0 Å². The van der Waals surface area contributed by atoms with Crippen molar-refractivity contribution in [3.8, 4) is 0 Å². The smallest absolute Gasteiger partial charge is 0.226 e. The first kappa shape index (κ1) is 9.64. The van der Waals surface area contributed by atoms with Gasteiger partial charge in [-0.05, 0) is 44.1 Å². The average Bonchev–Trinajstić information content (AvgIpc) is 2.60. The van der Waals surface area contributed by atoms with E-state index < -0.39 is 0 Å². The molecule has 2 atom stereocenters. The lowest BCUT2D eigenvalue weighted by Gasteiger charge is -2.35. The molecule has 3 rings (SSSR count). The highest BCUT2D eigenvalue weighted by molar-refractivity contribution is 5.83. The van der Waals surface area contributed by atoms with Crippen molar-refractivity contribution in [2.24, 2.45) is 11.3 Å². The molecule has 0 aromatic heterocycles. The van der Waals surface area contributed by atoms with Crippen molar-refractivity contribution in [1.82, 2.24) is 10.2 Å². The zero-order chi connectivity index (χ0) is 10.5. The van der Waals surface area contributed by atoms with Crippen molar-refractivity contribution in [1.29, 1.82) is 0 Å². The molecule has 1 saturated heterocycles. The normalized spacial score (nSPS) is 39.1. The van der Waals surface area contributed by atoms with Gasteiger partial charge < -0.3 is 10.2 Å². The maximum atomic E-state index is 12.2. The number of rotatable bonds is 2. The van der Waals surface area contributed by atoms with Gasteiger partial charge in [0, 0.05) is 25.6 Å². The van der Waals surface area contributed by atoms with E-state index in [0.29, 0.717) is 23.3 Å². The van der Waals surface area contributed by atoms with E-state index in [2.05, 4.69) is 5.32 Å². The van der Waals surface area contributed by atoms with Gasteiger partial charge in [-0.25, -0.2) is 0 Å². The summed E-state index contributed by atoms with van der Waals surface area (Å²) >= 11 is 0. The molecule has 15 heavy (non-hydrogen) atoms. The van der Waals surface area contributed by atoms with Crippen LogP contribution in [-0.4, -0.2) is 37.0 Å². The third-order valence-corrected chi connectivity index (χ3v) is 4.73. The fraction of sp³-hybridized carbons (Fsp3) is 0.917. The van der Waals surface area contributed by atoms with E-state index in [1.807, 2.05) is 11.9 Å². The molecule has 84 valence electrons. The maximum Gasteiger partial charge on any atom is 0.226 e. The van der Waals surface area contributed by atoms with Crippen LogP contribution in [0, 0.1) is 11.3 Å². The van der Waals surface area contributed by atoms with E-state index in [1.54, 1.807) is 0 Å². The summed E-state index contributed by atoms with van der Waals surface area (Å²) in [5.41, 5.74) is 0.370. The summed E-state index contributed by atoms with van der Waals surface area (Å²) in [6.45, 7) is 2.18. The lowest BCUT2D eigenvalue weighted by molar-refractivity contribution is -0.135. The molecule has 1 amide bonds. The van der Waals surface area contributed by atoms with Gasteiger partial charge in [0.15, 0.2) is 0 Å². The molecule has 0 aromatic carbocycles. The molecule has 0 bridgehead atoms. The van der Waals surface area contributed by atoms with Gasteiger partial charge in [0.05, 0.1) is 0 Å². The Morgan fingerprint density at radius 2 is 2.27 bits per heavy atom. The zero-order valence-corrected chi connectivity index (χ0v) is 9.46. The second-order valence-corrected chi connectivity index (χ2v) is 5.58. The molecule has 3 heteroatoms. The van der Waals surface area contributed by atoms with E-state index in [1.165, 1.54) is 25.7 Å². The van der Waals surface area contributed by atoms with Crippen molar-refractivity contribution in [2.45, 2.75) is 38.1 Å². The van der Waals surface area contributed by atoms with Gasteiger partial charge in [0.25, 0.3) is 0 Å². The number of nitrogens with zero attached hydrogens (tertiary/aromatic N) is 1. The second-order valence-electron chi connectivity index (χ2n) is 5.58. The standard InChI is InChI=1S/C12H20N2O/c1-14(9-3-2-4-9)11(15)10-7-12(10)5-6-13-8-12/h9-10,13H,2-8H2,1H3. The molecule has 3 aliphatic rings. The molecule has 1 spiro atoms. The number of carbonyl (C=O) groups excluding carboxylic acids is 1. The fourth-order valence-corrected chi connectivity index (χ4v) is 3.13. The van der Waals surface area contributed by atoms with Crippen molar-refractivity contribution >= 4 is 5.91 Å². The summed E-state index contributed by atoms with van der Waals surface area (Å²) in [5, 5.41) is 3.39. The quantitative estimate of drug-likeness (QED) is 0.734. The van der Waals surface area contributed by atoms with Gasteiger partial charge in [0.1, 0.15) is 0 Å². The maximum absolute atomic E-state index is 12.2. The van der Waals surface area contributed by atoms with Crippen LogP contribution in [0.1, 0.15) is 32.1 Å². The molecular formula is C12H20N2O. The highest BCUT2D eigenvalue weighted by Gasteiger charge is 2.59. The monoisotopic (exact) mass is 208 g/mol. The summed E-state index contributed by atoms with van der Waals surface area (Å²) in [6.07, 6.45) is 6.10. The van der Waals surface area contributed by atoms with Crippen LogP contribution >= 0.6 is 0 Å². The highest BCUT2D eigenvalue weighted by Crippen LogP contribution is 2.57.